The molecule has 1 aliphatic rings. The van der Waals surface area contributed by atoms with Crippen LogP contribution in [0.5, 0.6) is 0 Å². The van der Waals surface area contributed by atoms with Crippen molar-refractivity contribution in [3.8, 4) is 10.6 Å². The molecular formula is C21H23N3S2. The third-order valence-electron chi connectivity index (χ3n) is 4.82. The molecule has 0 N–H and O–H groups in total. The Morgan fingerprint density at radius 1 is 1.08 bits per heavy atom. The van der Waals surface area contributed by atoms with Crippen LogP contribution in [0, 0.1) is 6.92 Å². The van der Waals surface area contributed by atoms with Gasteiger partial charge < -0.3 is 9.80 Å². The lowest BCUT2D eigenvalue weighted by atomic mass is 10.1. The third-order valence-corrected chi connectivity index (χ3v) is 6.96. The second-order valence-corrected chi connectivity index (χ2v) is 8.91. The van der Waals surface area contributed by atoms with Crippen LogP contribution >= 0.6 is 23.1 Å². The van der Waals surface area contributed by atoms with E-state index in [4.69, 9.17) is 0 Å². The van der Waals surface area contributed by atoms with Crippen LogP contribution in [-0.4, -0.2) is 36.6 Å². The predicted octanol–water partition coefficient (Wildman–Crippen LogP) is 5.67. The number of anilines is 2. The fourth-order valence-electron chi connectivity index (χ4n) is 3.07. The number of thiazole rings is 1. The molecule has 0 bridgehead atoms. The van der Waals surface area contributed by atoms with E-state index in [2.05, 4.69) is 90.6 Å². The Kier molecular flexibility index (Phi) is 4.78. The van der Waals surface area contributed by atoms with Gasteiger partial charge in [0.25, 0.3) is 0 Å². The second kappa shape index (κ2) is 7.06. The summed E-state index contributed by atoms with van der Waals surface area (Å²) >= 11 is 3.57. The van der Waals surface area contributed by atoms with Crippen LogP contribution in [0.4, 0.5) is 11.4 Å². The first-order valence-electron chi connectivity index (χ1n) is 8.80. The molecule has 2 heterocycles. The number of aryl methyl sites for hydroxylation is 1. The van der Waals surface area contributed by atoms with Gasteiger partial charge in [-0.3, -0.25) is 0 Å². The van der Waals surface area contributed by atoms with Crippen molar-refractivity contribution in [3.63, 3.8) is 0 Å². The van der Waals surface area contributed by atoms with Crippen LogP contribution in [-0.2, 0) is 0 Å². The van der Waals surface area contributed by atoms with Gasteiger partial charge in [-0.1, -0.05) is 30.0 Å². The quantitative estimate of drug-likeness (QED) is 0.579. The average molecular weight is 382 g/mol. The highest BCUT2D eigenvalue weighted by atomic mass is 32.2. The Labute approximate surface area is 163 Å². The summed E-state index contributed by atoms with van der Waals surface area (Å²) < 4.78 is 0. The summed E-state index contributed by atoms with van der Waals surface area (Å²) in [6.07, 6.45) is 0. The molecule has 0 fully saturated rings. The summed E-state index contributed by atoms with van der Waals surface area (Å²) in [4.78, 5) is 12.1. The lowest BCUT2D eigenvalue weighted by Gasteiger charge is -2.36. The van der Waals surface area contributed by atoms with E-state index < -0.39 is 0 Å². The molecule has 0 saturated heterocycles. The number of hydrogen-bond acceptors (Lipinski definition) is 5. The van der Waals surface area contributed by atoms with Gasteiger partial charge >= 0.3 is 0 Å². The molecule has 4 rings (SSSR count). The van der Waals surface area contributed by atoms with Crippen molar-refractivity contribution in [2.24, 2.45) is 0 Å². The largest absolute Gasteiger partial charge is 0.338 e. The number of likely N-dealkylation sites (N-methyl/N-ethyl adjacent to an activating group) is 1. The first kappa shape index (κ1) is 17.6. The maximum atomic E-state index is 4.67. The smallest absolute Gasteiger partial charge is 0.123 e. The SMILES string of the molecule is Cc1csc(-c2ccc3c(c2)N(CC(C)N(C)C)c2ccccc2S3)n1. The van der Waals surface area contributed by atoms with Crippen molar-refractivity contribution < 1.29 is 0 Å². The molecule has 2 aromatic carbocycles. The molecule has 0 spiro atoms. The fraction of sp³-hybridized carbons (Fsp3) is 0.286. The normalized spacial score (nSPS) is 14.3. The van der Waals surface area contributed by atoms with Crippen molar-refractivity contribution in [2.75, 3.05) is 25.5 Å². The first-order chi connectivity index (χ1) is 12.5. The molecule has 3 aromatic rings. The lowest BCUT2D eigenvalue weighted by Crippen LogP contribution is -2.37. The summed E-state index contributed by atoms with van der Waals surface area (Å²) in [6, 6.07) is 15.9. The number of fused-ring (bicyclic) bond motifs is 2. The van der Waals surface area contributed by atoms with E-state index in [0.717, 1.165) is 17.2 Å². The maximum absolute atomic E-state index is 4.67. The Morgan fingerprint density at radius 2 is 1.85 bits per heavy atom. The van der Waals surface area contributed by atoms with E-state index in [-0.39, 0.29) is 0 Å². The van der Waals surface area contributed by atoms with E-state index in [1.54, 1.807) is 11.3 Å². The summed E-state index contributed by atoms with van der Waals surface area (Å²) in [5, 5.41) is 3.21. The molecule has 134 valence electrons. The van der Waals surface area contributed by atoms with Crippen LogP contribution in [0.25, 0.3) is 10.6 Å². The van der Waals surface area contributed by atoms with Gasteiger partial charge in [-0.05, 0) is 52.2 Å². The van der Waals surface area contributed by atoms with Gasteiger partial charge in [0.05, 0.1) is 11.4 Å². The van der Waals surface area contributed by atoms with Crippen molar-refractivity contribution in [2.45, 2.75) is 29.7 Å². The van der Waals surface area contributed by atoms with E-state index >= 15 is 0 Å². The third kappa shape index (κ3) is 3.27. The number of benzene rings is 2. The molecule has 0 radical (unpaired) electrons. The predicted molar refractivity (Wildman–Crippen MR) is 113 cm³/mol. The molecule has 3 nitrogen and oxygen atoms in total. The van der Waals surface area contributed by atoms with Crippen molar-refractivity contribution in [1.29, 1.82) is 0 Å². The topological polar surface area (TPSA) is 19.4 Å². The highest BCUT2D eigenvalue weighted by Gasteiger charge is 2.25. The van der Waals surface area contributed by atoms with Crippen LogP contribution < -0.4 is 4.90 Å². The molecular weight excluding hydrogens is 358 g/mol. The first-order valence-corrected chi connectivity index (χ1v) is 10.5. The number of para-hydroxylation sites is 1. The summed E-state index contributed by atoms with van der Waals surface area (Å²) in [7, 11) is 4.29. The van der Waals surface area contributed by atoms with E-state index in [9.17, 15) is 0 Å². The van der Waals surface area contributed by atoms with Gasteiger partial charge in [-0.15, -0.1) is 11.3 Å². The van der Waals surface area contributed by atoms with E-state index in [1.165, 1.54) is 26.7 Å². The van der Waals surface area contributed by atoms with E-state index in [0.29, 0.717) is 6.04 Å². The summed E-state index contributed by atoms with van der Waals surface area (Å²) in [5.41, 5.74) is 4.86. The molecule has 1 atom stereocenters. The highest BCUT2D eigenvalue weighted by molar-refractivity contribution is 7.99. The van der Waals surface area contributed by atoms with Gasteiger partial charge in [-0.25, -0.2) is 4.98 Å². The zero-order chi connectivity index (χ0) is 18.3. The average Bonchev–Trinajstić information content (AvgIpc) is 3.07. The minimum absolute atomic E-state index is 0.449. The van der Waals surface area contributed by atoms with Crippen molar-refractivity contribution in [1.82, 2.24) is 9.88 Å². The Hall–Kier alpha value is -1.82. The molecule has 0 aliphatic carbocycles. The molecule has 5 heteroatoms. The zero-order valence-electron chi connectivity index (χ0n) is 15.6. The molecule has 1 unspecified atom stereocenters. The number of nitrogens with zero attached hydrogens (tertiary/aromatic N) is 3. The van der Waals surface area contributed by atoms with Gasteiger partial charge in [-0.2, -0.15) is 0 Å². The van der Waals surface area contributed by atoms with Gasteiger partial charge in [0.2, 0.25) is 0 Å². The molecule has 26 heavy (non-hydrogen) atoms. The standard InChI is InChI=1S/C21H23N3S2/c1-14-13-25-21(22-14)16-9-10-20-18(11-16)24(12-15(2)23(3)4)17-7-5-6-8-19(17)26-20/h5-11,13,15H,12H2,1-4H3. The van der Waals surface area contributed by atoms with Crippen LogP contribution in [0.15, 0.2) is 57.6 Å². The molecule has 1 aromatic heterocycles. The summed E-state index contributed by atoms with van der Waals surface area (Å²) in [5.74, 6) is 0. The molecule has 1 aliphatic heterocycles. The molecule has 0 saturated carbocycles. The fourth-order valence-corrected chi connectivity index (χ4v) is 4.94. The molecule has 0 amide bonds. The Balaban J connectivity index is 1.80. The highest BCUT2D eigenvalue weighted by Crippen LogP contribution is 2.49. The van der Waals surface area contributed by atoms with Crippen molar-refractivity contribution in [3.05, 3.63) is 53.5 Å². The van der Waals surface area contributed by atoms with E-state index in [1.807, 2.05) is 11.8 Å². The Bertz CT molecular complexity index is 933. The monoisotopic (exact) mass is 381 g/mol. The van der Waals surface area contributed by atoms with Crippen LogP contribution in [0.1, 0.15) is 12.6 Å². The van der Waals surface area contributed by atoms with Gasteiger partial charge in [0, 0.05) is 39.0 Å². The van der Waals surface area contributed by atoms with Crippen LogP contribution in [0.3, 0.4) is 0 Å². The van der Waals surface area contributed by atoms with Gasteiger partial charge in [0.15, 0.2) is 0 Å². The number of aromatic nitrogens is 1. The lowest BCUT2D eigenvalue weighted by molar-refractivity contribution is 0.319. The number of hydrogen-bond donors (Lipinski definition) is 0. The second-order valence-electron chi connectivity index (χ2n) is 6.97. The minimum Gasteiger partial charge on any atom is -0.338 e. The van der Waals surface area contributed by atoms with Gasteiger partial charge in [0.1, 0.15) is 5.01 Å². The van der Waals surface area contributed by atoms with Crippen molar-refractivity contribution >= 4 is 34.5 Å². The Morgan fingerprint density at radius 3 is 2.58 bits per heavy atom. The summed E-state index contributed by atoms with van der Waals surface area (Å²) in [6.45, 7) is 5.28. The number of rotatable bonds is 4. The maximum Gasteiger partial charge on any atom is 0.123 e. The minimum atomic E-state index is 0.449. The zero-order valence-corrected chi connectivity index (χ0v) is 17.2. The van der Waals surface area contributed by atoms with Crippen LogP contribution in [0.2, 0.25) is 0 Å².